The molecule has 5 aliphatic rings. The Hall–Kier alpha value is -3.00. The topological polar surface area (TPSA) is 107 Å². The van der Waals surface area contributed by atoms with Crippen molar-refractivity contribution < 1.29 is 14.7 Å². The maximum Gasteiger partial charge on any atom is 0.270 e. The number of aromatic nitrogens is 2. The van der Waals surface area contributed by atoms with Gasteiger partial charge in [-0.1, -0.05) is 12.1 Å². The van der Waals surface area contributed by atoms with Crippen LogP contribution in [0.3, 0.4) is 0 Å². The number of anilines is 1. The summed E-state index contributed by atoms with van der Waals surface area (Å²) in [5, 5.41) is 16.5. The third kappa shape index (κ3) is 4.40. The van der Waals surface area contributed by atoms with Crippen LogP contribution in [-0.2, 0) is 0 Å². The van der Waals surface area contributed by atoms with Crippen LogP contribution >= 0.6 is 0 Å². The van der Waals surface area contributed by atoms with Gasteiger partial charge in [-0.2, -0.15) is 0 Å². The van der Waals surface area contributed by atoms with E-state index in [9.17, 15) is 14.7 Å². The summed E-state index contributed by atoms with van der Waals surface area (Å²) in [5.41, 5.74) is 0.255. The number of pyridine rings is 2. The number of hydrogen-bond acceptors (Lipinski definition) is 6. The summed E-state index contributed by atoms with van der Waals surface area (Å²) < 4.78 is 0. The molecule has 2 aromatic rings. The van der Waals surface area contributed by atoms with E-state index in [0.29, 0.717) is 23.2 Å². The van der Waals surface area contributed by atoms with E-state index < -0.39 is 0 Å². The Kier molecular flexibility index (Phi) is 5.51. The first-order valence-corrected chi connectivity index (χ1v) is 12.9. The van der Waals surface area contributed by atoms with Crippen molar-refractivity contribution in [2.45, 2.75) is 68.5 Å². The van der Waals surface area contributed by atoms with Crippen molar-refractivity contribution in [1.29, 1.82) is 0 Å². The van der Waals surface area contributed by atoms with E-state index >= 15 is 0 Å². The molecule has 3 heterocycles. The molecule has 2 unspecified atom stereocenters. The first-order chi connectivity index (χ1) is 16.9. The number of piperidine rings is 1. The molecule has 8 heteroatoms. The molecular formula is C27H33N5O3. The third-order valence-corrected chi connectivity index (χ3v) is 8.47. The van der Waals surface area contributed by atoms with Crippen LogP contribution in [0.15, 0.2) is 42.6 Å². The maximum absolute atomic E-state index is 13.4. The summed E-state index contributed by atoms with van der Waals surface area (Å²) in [5.74, 6) is 1.51. The number of aliphatic hydroxyl groups excluding tert-OH is 1. The smallest absolute Gasteiger partial charge is 0.270 e. The lowest BCUT2D eigenvalue weighted by atomic mass is 9.49. The van der Waals surface area contributed by atoms with Crippen LogP contribution in [-0.4, -0.2) is 57.2 Å². The van der Waals surface area contributed by atoms with Gasteiger partial charge in [0.25, 0.3) is 11.8 Å². The predicted molar refractivity (Wildman–Crippen MR) is 131 cm³/mol. The van der Waals surface area contributed by atoms with Crippen LogP contribution < -0.4 is 15.5 Å². The van der Waals surface area contributed by atoms with E-state index in [-0.39, 0.29) is 29.0 Å². The molecule has 2 amide bonds. The van der Waals surface area contributed by atoms with Crippen molar-refractivity contribution in [1.82, 2.24) is 20.6 Å². The van der Waals surface area contributed by atoms with E-state index in [1.54, 1.807) is 18.3 Å². The van der Waals surface area contributed by atoms with E-state index in [1.807, 2.05) is 24.3 Å². The van der Waals surface area contributed by atoms with Gasteiger partial charge >= 0.3 is 0 Å². The normalized spacial score (nSPS) is 31.9. The molecule has 3 N–H and O–H groups in total. The molecule has 4 aliphatic carbocycles. The molecule has 35 heavy (non-hydrogen) atoms. The summed E-state index contributed by atoms with van der Waals surface area (Å²) in [6, 6.07) is 11.0. The quantitative estimate of drug-likeness (QED) is 0.614. The van der Waals surface area contributed by atoms with Gasteiger partial charge in [0.2, 0.25) is 0 Å². The van der Waals surface area contributed by atoms with Crippen molar-refractivity contribution in [3.05, 3.63) is 54.0 Å². The number of aliphatic hydroxyl groups is 1. The average Bonchev–Trinajstić information content (AvgIpc) is 2.84. The van der Waals surface area contributed by atoms with Gasteiger partial charge in [0.15, 0.2) is 0 Å². The van der Waals surface area contributed by atoms with Gasteiger partial charge in [-0.3, -0.25) is 14.6 Å². The SMILES string of the molecule is O=C(NC12CC3CC(C1)CC(NC(=O)c1cccc(N4CCC(O)CC4)n1)(C3)C2)c1ccccn1. The second kappa shape index (κ2) is 8.59. The number of rotatable bonds is 5. The zero-order valence-corrected chi connectivity index (χ0v) is 19.9. The Morgan fingerprint density at radius 2 is 1.51 bits per heavy atom. The summed E-state index contributed by atoms with van der Waals surface area (Å²) in [6.45, 7) is 1.48. The van der Waals surface area contributed by atoms with Crippen molar-refractivity contribution >= 4 is 17.6 Å². The maximum atomic E-state index is 13.4. The minimum Gasteiger partial charge on any atom is -0.393 e. The number of nitrogens with zero attached hydrogens (tertiary/aromatic N) is 3. The first-order valence-electron chi connectivity index (χ1n) is 12.9. The Morgan fingerprint density at radius 1 is 0.886 bits per heavy atom. The van der Waals surface area contributed by atoms with E-state index in [0.717, 1.165) is 63.9 Å². The van der Waals surface area contributed by atoms with Gasteiger partial charge in [-0.15, -0.1) is 0 Å². The summed E-state index contributed by atoms with van der Waals surface area (Å²) in [7, 11) is 0. The van der Waals surface area contributed by atoms with Gasteiger partial charge in [0.05, 0.1) is 6.10 Å². The summed E-state index contributed by atoms with van der Waals surface area (Å²) >= 11 is 0. The lowest BCUT2D eigenvalue weighted by Gasteiger charge is -2.62. The summed E-state index contributed by atoms with van der Waals surface area (Å²) in [6.07, 6.45) is 8.60. The Bertz CT molecular complexity index is 1100. The third-order valence-electron chi connectivity index (χ3n) is 8.47. The number of carbonyl (C=O) groups is 2. The predicted octanol–water partition coefficient (Wildman–Crippen LogP) is 2.69. The molecule has 0 spiro atoms. The van der Waals surface area contributed by atoms with Crippen LogP contribution in [0, 0.1) is 11.8 Å². The van der Waals surface area contributed by atoms with Crippen LogP contribution in [0.4, 0.5) is 5.82 Å². The molecule has 0 radical (unpaired) electrons. The molecule has 8 nitrogen and oxygen atoms in total. The molecule has 1 saturated heterocycles. The van der Waals surface area contributed by atoms with Crippen LogP contribution in [0.25, 0.3) is 0 Å². The highest BCUT2D eigenvalue weighted by Gasteiger charge is 2.58. The van der Waals surface area contributed by atoms with E-state index in [4.69, 9.17) is 0 Å². The molecule has 2 atom stereocenters. The van der Waals surface area contributed by atoms with Gasteiger partial charge in [-0.25, -0.2) is 4.98 Å². The zero-order valence-electron chi connectivity index (χ0n) is 19.9. The van der Waals surface area contributed by atoms with Gasteiger partial charge < -0.3 is 20.6 Å². The first kappa shape index (κ1) is 22.5. The van der Waals surface area contributed by atoms with E-state index in [2.05, 4.69) is 25.5 Å². The fourth-order valence-electron chi connectivity index (χ4n) is 7.48. The monoisotopic (exact) mass is 475 g/mol. The average molecular weight is 476 g/mol. The standard InChI is InChI=1S/C27H33N5O3/c33-20-7-10-32(11-8-20)23-6-3-5-22(29-23)25(35)31-27-15-18-12-19(16-27)14-26(13-18,17-27)30-24(34)21-4-1-2-9-28-21/h1-6,9,18-20,33H,7-8,10-17H2,(H,30,34)(H,31,35). The highest BCUT2D eigenvalue weighted by Crippen LogP contribution is 2.57. The van der Waals surface area contributed by atoms with Gasteiger partial charge in [0.1, 0.15) is 17.2 Å². The van der Waals surface area contributed by atoms with Crippen molar-refractivity contribution in [2.75, 3.05) is 18.0 Å². The lowest BCUT2D eigenvalue weighted by molar-refractivity contribution is -0.0449. The molecule has 1 aliphatic heterocycles. The van der Waals surface area contributed by atoms with Gasteiger partial charge in [0, 0.05) is 30.4 Å². The second-order valence-electron chi connectivity index (χ2n) is 11.2. The minimum atomic E-state index is -0.314. The van der Waals surface area contributed by atoms with Crippen LogP contribution in [0.1, 0.15) is 72.3 Å². The Labute approximate surface area is 205 Å². The molecule has 4 bridgehead atoms. The highest BCUT2D eigenvalue weighted by atomic mass is 16.3. The largest absolute Gasteiger partial charge is 0.393 e. The summed E-state index contributed by atoms with van der Waals surface area (Å²) in [4.78, 5) is 37.5. The number of hydrogen-bond donors (Lipinski definition) is 3. The van der Waals surface area contributed by atoms with Crippen LogP contribution in [0.2, 0.25) is 0 Å². The molecule has 7 rings (SSSR count). The molecule has 0 aromatic carbocycles. The molecule has 184 valence electrons. The Balaban J connectivity index is 1.19. The molecular weight excluding hydrogens is 442 g/mol. The zero-order chi connectivity index (χ0) is 24.0. The molecule has 2 aromatic heterocycles. The number of carbonyl (C=O) groups excluding carboxylic acids is 2. The van der Waals surface area contributed by atoms with E-state index in [1.165, 1.54) is 6.42 Å². The van der Waals surface area contributed by atoms with Crippen molar-refractivity contribution in [3.8, 4) is 0 Å². The minimum absolute atomic E-state index is 0.130. The van der Waals surface area contributed by atoms with Crippen molar-refractivity contribution in [3.63, 3.8) is 0 Å². The van der Waals surface area contributed by atoms with Gasteiger partial charge in [-0.05, 0) is 87.5 Å². The fourth-order valence-corrected chi connectivity index (χ4v) is 7.48. The van der Waals surface area contributed by atoms with Crippen LogP contribution in [0.5, 0.6) is 0 Å². The molecule has 4 saturated carbocycles. The second-order valence-corrected chi connectivity index (χ2v) is 11.2. The Morgan fingerprint density at radius 3 is 2.14 bits per heavy atom. The lowest BCUT2D eigenvalue weighted by Crippen LogP contribution is -2.70. The van der Waals surface area contributed by atoms with Crippen molar-refractivity contribution in [2.24, 2.45) is 11.8 Å². The molecule has 5 fully saturated rings. The number of amides is 2. The highest BCUT2D eigenvalue weighted by molar-refractivity contribution is 5.94. The fraction of sp³-hybridized carbons (Fsp3) is 0.556. The number of nitrogens with one attached hydrogen (secondary N) is 2.